The highest BCUT2D eigenvalue weighted by atomic mass is 35.5. The number of aryl methyl sites for hydroxylation is 1. The number of ether oxygens (including phenoxy) is 1. The summed E-state index contributed by atoms with van der Waals surface area (Å²) in [6, 6.07) is 5.49. The fourth-order valence-corrected chi connectivity index (χ4v) is 2.27. The second-order valence-electron chi connectivity index (χ2n) is 4.14. The van der Waals surface area contributed by atoms with Gasteiger partial charge in [0.15, 0.2) is 0 Å². The fraction of sp³-hybridized carbons (Fsp3) is 0.385. The summed E-state index contributed by atoms with van der Waals surface area (Å²) in [4.78, 5) is 15.5. The number of nitrogens with zero attached hydrogens (tertiary/aromatic N) is 2. The monoisotopic (exact) mass is 281 g/mol. The number of aromatic nitrogens is 2. The summed E-state index contributed by atoms with van der Waals surface area (Å²) >= 11 is 6.16. The maximum atomic E-state index is 11.3. The van der Waals surface area contributed by atoms with Crippen molar-refractivity contribution in [3.05, 3.63) is 23.2 Å². The standard InChI is InChI=1S/C13H16ClN3O2/c1-2-19-11(18)7-4-8-17-12-9(14)5-3-6-10(12)16-13(17)15/h3,5-6H,2,4,7-8H2,1H3,(H2,15,16). The largest absolute Gasteiger partial charge is 0.466 e. The molecule has 0 unspecified atom stereocenters. The molecule has 0 saturated heterocycles. The molecule has 0 radical (unpaired) electrons. The Kier molecular flexibility index (Phi) is 4.27. The van der Waals surface area contributed by atoms with Crippen LogP contribution in [0.4, 0.5) is 5.95 Å². The molecule has 6 heteroatoms. The zero-order chi connectivity index (χ0) is 13.8. The lowest BCUT2D eigenvalue weighted by atomic mass is 10.3. The first-order chi connectivity index (χ1) is 9.13. The summed E-state index contributed by atoms with van der Waals surface area (Å²) in [5.41, 5.74) is 7.45. The number of carbonyl (C=O) groups excluding carboxylic acids is 1. The number of nitrogen functional groups attached to an aromatic ring is 1. The quantitative estimate of drug-likeness (QED) is 0.855. The van der Waals surface area contributed by atoms with E-state index >= 15 is 0 Å². The molecule has 0 fully saturated rings. The van der Waals surface area contributed by atoms with Crippen LogP contribution >= 0.6 is 11.6 Å². The van der Waals surface area contributed by atoms with Crippen LogP contribution in [-0.2, 0) is 16.1 Å². The van der Waals surface area contributed by atoms with Crippen LogP contribution < -0.4 is 5.73 Å². The summed E-state index contributed by atoms with van der Waals surface area (Å²) in [6.45, 7) is 2.78. The van der Waals surface area contributed by atoms with Gasteiger partial charge in [-0.2, -0.15) is 0 Å². The van der Waals surface area contributed by atoms with Crippen molar-refractivity contribution < 1.29 is 9.53 Å². The van der Waals surface area contributed by atoms with Crippen molar-refractivity contribution in [1.29, 1.82) is 0 Å². The first kappa shape index (κ1) is 13.7. The molecule has 102 valence electrons. The molecule has 2 N–H and O–H groups in total. The maximum absolute atomic E-state index is 11.3. The molecule has 0 saturated carbocycles. The van der Waals surface area contributed by atoms with Crippen LogP contribution in [0.2, 0.25) is 5.02 Å². The van der Waals surface area contributed by atoms with Gasteiger partial charge in [-0.15, -0.1) is 0 Å². The number of para-hydroxylation sites is 1. The third-order valence-electron chi connectivity index (χ3n) is 2.81. The Morgan fingerprint density at radius 1 is 1.53 bits per heavy atom. The molecule has 0 atom stereocenters. The van der Waals surface area contributed by atoms with Gasteiger partial charge in [-0.1, -0.05) is 17.7 Å². The van der Waals surface area contributed by atoms with Gasteiger partial charge in [0.2, 0.25) is 5.95 Å². The van der Waals surface area contributed by atoms with Crippen LogP contribution in [0.15, 0.2) is 18.2 Å². The minimum atomic E-state index is -0.198. The Morgan fingerprint density at radius 3 is 3.05 bits per heavy atom. The van der Waals surface area contributed by atoms with Crippen LogP contribution in [0, 0.1) is 0 Å². The van der Waals surface area contributed by atoms with E-state index in [4.69, 9.17) is 22.1 Å². The Balaban J connectivity index is 2.12. The van der Waals surface area contributed by atoms with Gasteiger partial charge < -0.3 is 15.0 Å². The van der Waals surface area contributed by atoms with Crippen molar-refractivity contribution in [3.63, 3.8) is 0 Å². The van der Waals surface area contributed by atoms with Crippen molar-refractivity contribution in [2.75, 3.05) is 12.3 Å². The van der Waals surface area contributed by atoms with Gasteiger partial charge in [0, 0.05) is 13.0 Å². The van der Waals surface area contributed by atoms with Gasteiger partial charge in [0.05, 0.1) is 22.7 Å². The average Bonchev–Trinajstić information content (AvgIpc) is 2.67. The van der Waals surface area contributed by atoms with Crippen molar-refractivity contribution in [1.82, 2.24) is 9.55 Å². The molecule has 1 aromatic heterocycles. The minimum absolute atomic E-state index is 0.198. The molecule has 0 aliphatic heterocycles. The van der Waals surface area contributed by atoms with Crippen LogP contribution in [0.25, 0.3) is 11.0 Å². The number of hydrogen-bond donors (Lipinski definition) is 1. The lowest BCUT2D eigenvalue weighted by molar-refractivity contribution is -0.143. The Morgan fingerprint density at radius 2 is 2.32 bits per heavy atom. The van der Waals surface area contributed by atoms with Gasteiger partial charge in [0.25, 0.3) is 0 Å². The minimum Gasteiger partial charge on any atom is -0.466 e. The number of hydrogen-bond acceptors (Lipinski definition) is 4. The van der Waals surface area contributed by atoms with Crippen molar-refractivity contribution >= 4 is 34.6 Å². The third kappa shape index (κ3) is 2.98. The molecule has 1 heterocycles. The number of imidazole rings is 1. The van der Waals surface area contributed by atoms with E-state index < -0.39 is 0 Å². The van der Waals surface area contributed by atoms with Gasteiger partial charge in [-0.3, -0.25) is 4.79 Å². The van der Waals surface area contributed by atoms with Gasteiger partial charge in [-0.05, 0) is 25.5 Å². The van der Waals surface area contributed by atoms with E-state index in [1.54, 1.807) is 13.0 Å². The predicted octanol–water partition coefficient (Wildman–Crippen LogP) is 2.62. The highest BCUT2D eigenvalue weighted by molar-refractivity contribution is 6.35. The molecular formula is C13H16ClN3O2. The Labute approximate surface area is 116 Å². The van der Waals surface area contributed by atoms with Gasteiger partial charge >= 0.3 is 5.97 Å². The maximum Gasteiger partial charge on any atom is 0.305 e. The zero-order valence-corrected chi connectivity index (χ0v) is 11.5. The van der Waals surface area contributed by atoms with E-state index in [-0.39, 0.29) is 5.97 Å². The molecule has 0 spiro atoms. The summed E-state index contributed by atoms with van der Waals surface area (Å²) in [7, 11) is 0. The summed E-state index contributed by atoms with van der Waals surface area (Å²) in [6.07, 6.45) is 0.997. The molecule has 0 aliphatic carbocycles. The van der Waals surface area contributed by atoms with Crippen molar-refractivity contribution in [3.8, 4) is 0 Å². The van der Waals surface area contributed by atoms with E-state index in [2.05, 4.69) is 4.98 Å². The molecular weight excluding hydrogens is 266 g/mol. The molecule has 1 aromatic carbocycles. The molecule has 19 heavy (non-hydrogen) atoms. The van der Waals surface area contributed by atoms with Crippen LogP contribution in [-0.4, -0.2) is 22.1 Å². The molecule has 0 bridgehead atoms. The van der Waals surface area contributed by atoms with Crippen LogP contribution in [0.5, 0.6) is 0 Å². The first-order valence-electron chi connectivity index (χ1n) is 6.19. The van der Waals surface area contributed by atoms with Gasteiger partial charge in [-0.25, -0.2) is 4.98 Å². The van der Waals surface area contributed by atoms with E-state index in [0.717, 1.165) is 11.0 Å². The second kappa shape index (κ2) is 5.93. The molecule has 2 aromatic rings. The van der Waals surface area contributed by atoms with Crippen LogP contribution in [0.1, 0.15) is 19.8 Å². The Bertz CT molecular complexity index is 595. The normalized spacial score (nSPS) is 10.8. The third-order valence-corrected chi connectivity index (χ3v) is 3.12. The number of rotatable bonds is 5. The van der Waals surface area contributed by atoms with E-state index in [9.17, 15) is 4.79 Å². The number of halogens is 1. The Hall–Kier alpha value is -1.75. The predicted molar refractivity (Wildman–Crippen MR) is 75.0 cm³/mol. The number of esters is 1. The first-order valence-corrected chi connectivity index (χ1v) is 6.57. The molecule has 5 nitrogen and oxygen atoms in total. The SMILES string of the molecule is CCOC(=O)CCCn1c(N)nc2cccc(Cl)c21. The van der Waals surface area contributed by atoms with E-state index in [1.807, 2.05) is 16.7 Å². The summed E-state index contributed by atoms with van der Waals surface area (Å²) in [5.74, 6) is 0.212. The molecule has 0 amide bonds. The van der Waals surface area contributed by atoms with E-state index in [1.165, 1.54) is 0 Å². The smallest absolute Gasteiger partial charge is 0.305 e. The average molecular weight is 282 g/mol. The molecule has 2 rings (SSSR count). The highest BCUT2D eigenvalue weighted by Crippen LogP contribution is 2.25. The highest BCUT2D eigenvalue weighted by Gasteiger charge is 2.11. The summed E-state index contributed by atoms with van der Waals surface area (Å²) < 4.78 is 6.71. The topological polar surface area (TPSA) is 70.1 Å². The fourth-order valence-electron chi connectivity index (χ4n) is 2.00. The van der Waals surface area contributed by atoms with Crippen molar-refractivity contribution in [2.24, 2.45) is 0 Å². The van der Waals surface area contributed by atoms with Crippen LogP contribution in [0.3, 0.4) is 0 Å². The van der Waals surface area contributed by atoms with E-state index in [0.29, 0.717) is 37.0 Å². The number of nitrogens with two attached hydrogens (primary N) is 1. The lowest BCUT2D eigenvalue weighted by Gasteiger charge is -2.07. The lowest BCUT2D eigenvalue weighted by Crippen LogP contribution is -2.08. The van der Waals surface area contributed by atoms with Crippen molar-refractivity contribution in [2.45, 2.75) is 26.3 Å². The zero-order valence-electron chi connectivity index (χ0n) is 10.7. The number of carbonyl (C=O) groups is 1. The van der Waals surface area contributed by atoms with Gasteiger partial charge in [0.1, 0.15) is 0 Å². The number of fused-ring (bicyclic) bond motifs is 1. The summed E-state index contributed by atoms with van der Waals surface area (Å²) in [5, 5.41) is 0.609. The second-order valence-corrected chi connectivity index (χ2v) is 4.54. The number of anilines is 1. The molecule has 0 aliphatic rings. The number of benzene rings is 1.